The smallest absolute Gasteiger partial charge is 0.167 e. The van der Waals surface area contributed by atoms with Gasteiger partial charge in [0.05, 0.1) is 6.10 Å². The van der Waals surface area contributed by atoms with Crippen molar-refractivity contribution in [3.05, 3.63) is 0 Å². The first-order valence-electron chi connectivity index (χ1n) is 8.57. The molecule has 2 bridgehead atoms. The van der Waals surface area contributed by atoms with Crippen molar-refractivity contribution in [3.8, 4) is 0 Å². The molecule has 1 heterocycles. The second kappa shape index (κ2) is 5.48. The Labute approximate surface area is 129 Å². The molecule has 4 atom stereocenters. The van der Waals surface area contributed by atoms with Gasteiger partial charge in [-0.25, -0.2) is 0 Å². The number of aliphatic hydroxyl groups excluding tert-OH is 1. The van der Waals surface area contributed by atoms with E-state index in [0.717, 1.165) is 38.5 Å². The van der Waals surface area contributed by atoms with Gasteiger partial charge in [-0.15, -0.1) is 0 Å². The van der Waals surface area contributed by atoms with E-state index in [9.17, 15) is 5.11 Å². The summed E-state index contributed by atoms with van der Waals surface area (Å²) in [6.07, 6.45) is 3.30. The largest absolute Gasteiger partial charge is 0.367 e. The lowest BCUT2D eigenvalue weighted by Gasteiger charge is -2.40. The molecule has 0 aromatic rings. The monoisotopic (exact) mass is 296 g/mol. The average molecular weight is 296 g/mol. The molecule has 21 heavy (non-hydrogen) atoms. The van der Waals surface area contributed by atoms with Gasteiger partial charge in [0, 0.05) is 32.7 Å². The second-order valence-electron chi connectivity index (χ2n) is 8.29. The van der Waals surface area contributed by atoms with E-state index in [-0.39, 0.29) is 11.5 Å². The molecule has 4 nitrogen and oxygen atoms in total. The first-order valence-corrected chi connectivity index (χ1v) is 8.57. The lowest BCUT2D eigenvalue weighted by molar-refractivity contribution is -0.180. The number of likely N-dealkylation sites (N-methyl/N-ethyl adjacent to an activating group) is 1. The fourth-order valence-electron chi connectivity index (χ4n) is 4.82. The SMILES string of the molecule is CN1CCN(C[C@@H](O)O[C@@H]2C[C@H]3CC[C@]2(C)C3(C)C)CC1. The Hall–Kier alpha value is -0.160. The van der Waals surface area contributed by atoms with Crippen molar-refractivity contribution in [2.24, 2.45) is 16.7 Å². The number of aliphatic hydroxyl groups is 1. The first-order chi connectivity index (χ1) is 9.83. The molecular formula is C17H32N2O2. The minimum absolute atomic E-state index is 0.230. The number of ether oxygens (including phenoxy) is 1. The van der Waals surface area contributed by atoms with Crippen LogP contribution in [-0.4, -0.2) is 67.1 Å². The van der Waals surface area contributed by atoms with Gasteiger partial charge in [0.25, 0.3) is 0 Å². The number of β-amino-alcohol motifs (C(OH)–C–C–N with tert-alkyl or cyclic N) is 1. The van der Waals surface area contributed by atoms with E-state index in [2.05, 4.69) is 37.6 Å². The fraction of sp³-hybridized carbons (Fsp3) is 1.00. The van der Waals surface area contributed by atoms with E-state index in [4.69, 9.17) is 4.74 Å². The third kappa shape index (κ3) is 2.65. The standard InChI is InChI=1S/C17H32N2O2/c1-16(2)13-5-6-17(16,3)14(11-13)21-15(20)12-19-9-7-18(4)8-10-19/h13-15,20H,5-12H2,1-4H3/t13-,14-,15+,17+/m1/s1. The summed E-state index contributed by atoms with van der Waals surface area (Å²) < 4.78 is 6.11. The van der Waals surface area contributed by atoms with Gasteiger partial charge in [0.2, 0.25) is 0 Å². The lowest BCUT2D eigenvalue weighted by Crippen LogP contribution is -2.48. The first kappa shape index (κ1) is 15.7. The summed E-state index contributed by atoms with van der Waals surface area (Å²) in [5.41, 5.74) is 0.589. The molecule has 0 spiro atoms. The molecule has 1 N–H and O–H groups in total. The van der Waals surface area contributed by atoms with Crippen LogP contribution in [0.2, 0.25) is 0 Å². The molecule has 1 aliphatic heterocycles. The molecule has 1 saturated heterocycles. The zero-order chi connectivity index (χ0) is 15.3. The van der Waals surface area contributed by atoms with Crippen LogP contribution in [0.5, 0.6) is 0 Å². The molecule has 2 saturated carbocycles. The van der Waals surface area contributed by atoms with Crippen molar-refractivity contribution >= 4 is 0 Å². The Morgan fingerprint density at radius 2 is 1.86 bits per heavy atom. The Kier molecular flexibility index (Phi) is 4.11. The maximum atomic E-state index is 10.4. The zero-order valence-electron chi connectivity index (χ0n) is 14.1. The molecular weight excluding hydrogens is 264 g/mol. The van der Waals surface area contributed by atoms with Crippen molar-refractivity contribution in [3.63, 3.8) is 0 Å². The Balaban J connectivity index is 1.53. The highest BCUT2D eigenvalue weighted by Crippen LogP contribution is 2.66. The summed E-state index contributed by atoms with van der Waals surface area (Å²) in [4.78, 5) is 4.66. The van der Waals surface area contributed by atoms with Crippen molar-refractivity contribution < 1.29 is 9.84 Å². The van der Waals surface area contributed by atoms with Gasteiger partial charge in [-0.2, -0.15) is 0 Å². The fourth-order valence-corrected chi connectivity index (χ4v) is 4.82. The third-order valence-electron chi connectivity index (χ3n) is 7.05. The van der Waals surface area contributed by atoms with Crippen LogP contribution < -0.4 is 0 Å². The molecule has 0 aromatic carbocycles. The summed E-state index contributed by atoms with van der Waals surface area (Å²) in [5, 5.41) is 10.4. The maximum Gasteiger partial charge on any atom is 0.167 e. The molecule has 4 heteroatoms. The van der Waals surface area contributed by atoms with E-state index in [0.29, 0.717) is 12.0 Å². The van der Waals surface area contributed by atoms with Gasteiger partial charge in [-0.3, -0.25) is 4.90 Å². The molecule has 0 aromatic heterocycles. The van der Waals surface area contributed by atoms with Crippen LogP contribution in [0.3, 0.4) is 0 Å². The second-order valence-corrected chi connectivity index (χ2v) is 8.29. The number of piperazine rings is 1. The molecule has 3 aliphatic rings. The van der Waals surface area contributed by atoms with Crippen molar-refractivity contribution in [2.75, 3.05) is 39.8 Å². The van der Waals surface area contributed by atoms with Crippen LogP contribution in [0, 0.1) is 16.7 Å². The normalized spacial score (nSPS) is 41.6. The van der Waals surface area contributed by atoms with E-state index < -0.39 is 6.29 Å². The Bertz CT molecular complexity index is 379. The Morgan fingerprint density at radius 1 is 1.19 bits per heavy atom. The summed E-state index contributed by atoms with van der Waals surface area (Å²) in [6.45, 7) is 12.0. The number of hydrogen-bond donors (Lipinski definition) is 1. The van der Waals surface area contributed by atoms with Crippen LogP contribution in [0.25, 0.3) is 0 Å². The minimum Gasteiger partial charge on any atom is -0.367 e. The number of fused-ring (bicyclic) bond motifs is 2. The lowest BCUT2D eigenvalue weighted by atomic mass is 9.70. The van der Waals surface area contributed by atoms with Crippen LogP contribution >= 0.6 is 0 Å². The van der Waals surface area contributed by atoms with Gasteiger partial charge in [-0.05, 0) is 43.1 Å². The van der Waals surface area contributed by atoms with E-state index in [1.54, 1.807) is 0 Å². The van der Waals surface area contributed by atoms with Gasteiger partial charge in [-0.1, -0.05) is 20.8 Å². The molecule has 2 aliphatic carbocycles. The van der Waals surface area contributed by atoms with E-state index >= 15 is 0 Å². The summed E-state index contributed by atoms with van der Waals surface area (Å²) >= 11 is 0. The van der Waals surface area contributed by atoms with Crippen LogP contribution in [0.4, 0.5) is 0 Å². The van der Waals surface area contributed by atoms with Crippen molar-refractivity contribution in [1.29, 1.82) is 0 Å². The highest BCUT2D eigenvalue weighted by Gasteiger charge is 2.62. The predicted molar refractivity (Wildman–Crippen MR) is 84.0 cm³/mol. The molecule has 3 rings (SSSR count). The molecule has 0 radical (unpaired) electrons. The predicted octanol–water partition coefficient (Wildman–Crippen LogP) is 1.78. The van der Waals surface area contributed by atoms with Crippen molar-refractivity contribution in [1.82, 2.24) is 9.80 Å². The molecule has 3 fully saturated rings. The highest BCUT2D eigenvalue weighted by molar-refractivity contribution is 5.11. The topological polar surface area (TPSA) is 35.9 Å². The quantitative estimate of drug-likeness (QED) is 0.802. The third-order valence-corrected chi connectivity index (χ3v) is 7.05. The van der Waals surface area contributed by atoms with Crippen LogP contribution in [0.15, 0.2) is 0 Å². The highest BCUT2D eigenvalue weighted by atomic mass is 16.6. The maximum absolute atomic E-state index is 10.4. The summed E-state index contributed by atoms with van der Waals surface area (Å²) in [5.74, 6) is 0.767. The van der Waals surface area contributed by atoms with Crippen molar-refractivity contribution in [2.45, 2.75) is 52.4 Å². The van der Waals surface area contributed by atoms with E-state index in [1.807, 2.05) is 0 Å². The van der Waals surface area contributed by atoms with Crippen LogP contribution in [0.1, 0.15) is 40.0 Å². The Morgan fingerprint density at radius 3 is 2.38 bits per heavy atom. The summed E-state index contributed by atoms with van der Waals surface area (Å²) in [7, 11) is 2.16. The molecule has 0 amide bonds. The van der Waals surface area contributed by atoms with Gasteiger partial charge in [0.1, 0.15) is 0 Å². The van der Waals surface area contributed by atoms with Gasteiger partial charge < -0.3 is 14.7 Å². The molecule has 122 valence electrons. The number of rotatable bonds is 4. The summed E-state index contributed by atoms with van der Waals surface area (Å²) in [6, 6.07) is 0. The van der Waals surface area contributed by atoms with Gasteiger partial charge in [0.15, 0.2) is 6.29 Å². The minimum atomic E-state index is -0.634. The number of hydrogen-bond acceptors (Lipinski definition) is 4. The zero-order valence-corrected chi connectivity index (χ0v) is 14.1. The van der Waals surface area contributed by atoms with Crippen LogP contribution in [-0.2, 0) is 4.74 Å². The molecule has 0 unspecified atom stereocenters. The number of nitrogens with zero attached hydrogens (tertiary/aromatic N) is 2. The van der Waals surface area contributed by atoms with E-state index in [1.165, 1.54) is 12.8 Å². The van der Waals surface area contributed by atoms with Gasteiger partial charge >= 0.3 is 0 Å². The average Bonchev–Trinajstić information content (AvgIpc) is 2.74.